The van der Waals surface area contributed by atoms with Gasteiger partial charge in [-0.3, -0.25) is 24.1 Å². The zero-order valence-electron chi connectivity index (χ0n) is 44.5. The van der Waals surface area contributed by atoms with Gasteiger partial charge in [0.15, 0.2) is 0 Å². The number of imidazole rings is 1. The maximum absolute atomic E-state index is 13.5. The molecule has 1 saturated heterocycles. The zero-order chi connectivity index (χ0) is 53.2. The van der Waals surface area contributed by atoms with Crippen LogP contribution in [-0.4, -0.2) is 75.2 Å². The third-order valence-electron chi connectivity index (χ3n) is 12.3. The molecule has 2 heterocycles. The molecule has 71 heavy (non-hydrogen) atoms. The highest BCUT2D eigenvalue weighted by Crippen LogP contribution is 2.34. The van der Waals surface area contributed by atoms with E-state index in [0.29, 0.717) is 36.3 Å². The molecule has 1 aliphatic heterocycles. The van der Waals surface area contributed by atoms with Crippen molar-refractivity contribution < 1.29 is 36.7 Å². The van der Waals surface area contributed by atoms with Gasteiger partial charge in [-0.15, -0.1) is 0 Å². The van der Waals surface area contributed by atoms with Gasteiger partial charge in [-0.05, 0) is 91.9 Å². The fraction of sp³-hybridized carbons (Fsp3) is 0.475. The number of ketones is 4. The van der Waals surface area contributed by atoms with Crippen molar-refractivity contribution in [3.8, 4) is 5.69 Å². The van der Waals surface area contributed by atoms with Gasteiger partial charge in [0, 0.05) is 94.0 Å². The van der Waals surface area contributed by atoms with Crippen molar-refractivity contribution in [3.05, 3.63) is 153 Å². The third kappa shape index (κ3) is 21.0. The lowest BCUT2D eigenvalue weighted by molar-refractivity contribution is -0.138. The summed E-state index contributed by atoms with van der Waals surface area (Å²) in [5, 5.41) is 0. The van der Waals surface area contributed by atoms with E-state index in [1.807, 2.05) is 91.3 Å². The Hall–Kier alpha value is -5.59. The molecule has 0 bridgehead atoms. The summed E-state index contributed by atoms with van der Waals surface area (Å²) in [6.07, 6.45) is 0.708. The Morgan fingerprint density at radius 3 is 1.58 bits per heavy atom. The van der Waals surface area contributed by atoms with E-state index in [-0.39, 0.29) is 65.2 Å². The minimum atomic E-state index is -4.41. The van der Waals surface area contributed by atoms with Crippen LogP contribution < -0.4 is 0 Å². The highest BCUT2D eigenvalue weighted by molar-refractivity contribution is 5.84. The number of halogens is 4. The first-order valence-electron chi connectivity index (χ1n) is 24.9. The first-order valence-corrected chi connectivity index (χ1v) is 24.9. The van der Waals surface area contributed by atoms with Crippen LogP contribution in [0.15, 0.2) is 91.4 Å². The largest absolute Gasteiger partial charge is 0.416 e. The van der Waals surface area contributed by atoms with Crippen LogP contribution in [0.2, 0.25) is 0 Å². The summed E-state index contributed by atoms with van der Waals surface area (Å²) in [4.78, 5) is 55.1. The number of alkyl halides is 3. The first-order chi connectivity index (χ1) is 33.2. The Morgan fingerprint density at radius 2 is 1.07 bits per heavy atom. The number of hydrogen-bond donors (Lipinski definition) is 0. The van der Waals surface area contributed by atoms with Gasteiger partial charge >= 0.3 is 6.18 Å². The molecule has 0 saturated carbocycles. The molecule has 5 aromatic rings. The maximum atomic E-state index is 13.5. The molecular weight excluding hydrogens is 905 g/mol. The zero-order valence-corrected chi connectivity index (χ0v) is 44.5. The molecule has 0 N–H and O–H groups in total. The predicted molar refractivity (Wildman–Crippen MR) is 278 cm³/mol. The van der Waals surface area contributed by atoms with E-state index in [2.05, 4.69) is 52.9 Å². The second-order valence-corrected chi connectivity index (χ2v) is 20.1. The van der Waals surface area contributed by atoms with Crippen molar-refractivity contribution in [3.63, 3.8) is 0 Å². The van der Waals surface area contributed by atoms with Crippen LogP contribution in [0.3, 0.4) is 0 Å². The lowest BCUT2D eigenvalue weighted by Gasteiger charge is -2.34. The standard InChI is InChI=1S/C19H27F3N2O.C16H20N2O.C12H15FO.C12H16O/c1-4-23-7-9-24(10-8-23)13-16-6-5-15(12-18(25)14(2)3)11-17(16)19(20,21)22;1-11(2)16(19)8-14-5-12(3)6-15(7-14)18-9-13(4)17-10-18;1-8(2)12(14)7-10-6-9(3)4-5-11(10)13;1-9(2)12(13)8-11-6-4-5-10(3)7-11/h5-6,11,14H,4,7-10,12-13H2,1-3H3;5-7,9-11H,8H2,1-4H3;4-6,8H,7H2,1-3H3;4-7,9H,8H2,1-3H3. The second kappa shape index (κ2) is 28.4. The summed E-state index contributed by atoms with van der Waals surface area (Å²) < 4.78 is 55.7. The van der Waals surface area contributed by atoms with E-state index >= 15 is 0 Å². The average molecular weight is 983 g/mol. The van der Waals surface area contributed by atoms with Crippen molar-refractivity contribution in [2.45, 2.75) is 128 Å². The molecule has 6 rings (SSSR count). The van der Waals surface area contributed by atoms with Crippen LogP contribution >= 0.6 is 0 Å². The van der Waals surface area contributed by atoms with Crippen LogP contribution in [0.4, 0.5) is 17.6 Å². The number of nitrogens with zero attached hydrogens (tertiary/aromatic N) is 4. The van der Waals surface area contributed by atoms with Gasteiger partial charge in [0.05, 0.1) is 17.6 Å². The van der Waals surface area contributed by atoms with Gasteiger partial charge in [-0.25, -0.2) is 9.37 Å². The molecule has 0 unspecified atom stereocenters. The minimum Gasteiger partial charge on any atom is -0.306 e. The SMILES string of the molecule is CCN1CCN(Cc2ccc(CC(=O)C(C)C)cc2C(F)(F)F)CC1.Cc1cc(CC(=O)C(C)C)cc(-n2cnc(C)c2)c1.Cc1ccc(F)c(CC(=O)C(C)C)c1.Cc1cccc(CC(=O)C(C)C)c1. The lowest BCUT2D eigenvalue weighted by Crippen LogP contribution is -2.45. The second-order valence-electron chi connectivity index (χ2n) is 20.1. The number of piperazine rings is 1. The van der Waals surface area contributed by atoms with E-state index in [1.165, 1.54) is 17.7 Å². The summed E-state index contributed by atoms with van der Waals surface area (Å²) in [7, 11) is 0. The number of Topliss-reactive ketones (excluding diaryl/α,β-unsaturated/α-hetero) is 4. The van der Waals surface area contributed by atoms with Gasteiger partial charge < -0.3 is 9.47 Å². The summed E-state index contributed by atoms with van der Waals surface area (Å²) in [6.45, 7) is 29.6. The lowest BCUT2D eigenvalue weighted by atomic mass is 9.96. The Kier molecular flexibility index (Phi) is 23.9. The molecule has 4 aromatic carbocycles. The molecule has 0 radical (unpaired) electrons. The fourth-order valence-electron chi connectivity index (χ4n) is 7.56. The Labute approximate surface area is 421 Å². The molecule has 8 nitrogen and oxygen atoms in total. The molecule has 12 heteroatoms. The van der Waals surface area contributed by atoms with E-state index in [0.717, 1.165) is 72.4 Å². The number of benzene rings is 4. The van der Waals surface area contributed by atoms with Crippen molar-refractivity contribution in [2.75, 3.05) is 32.7 Å². The maximum Gasteiger partial charge on any atom is 0.416 e. The highest BCUT2D eigenvalue weighted by atomic mass is 19.4. The number of aromatic nitrogens is 2. The van der Waals surface area contributed by atoms with Crippen LogP contribution in [0.5, 0.6) is 0 Å². The molecule has 0 atom stereocenters. The Bertz CT molecular complexity index is 2510. The molecule has 0 amide bonds. The van der Waals surface area contributed by atoms with E-state index in [4.69, 9.17) is 0 Å². The van der Waals surface area contributed by atoms with E-state index in [9.17, 15) is 36.7 Å². The fourth-order valence-corrected chi connectivity index (χ4v) is 7.56. The molecular formula is C59H78F4N4O4. The van der Waals surface area contributed by atoms with Crippen molar-refractivity contribution in [1.29, 1.82) is 0 Å². The predicted octanol–water partition coefficient (Wildman–Crippen LogP) is 12.5. The topological polar surface area (TPSA) is 92.6 Å². The summed E-state index contributed by atoms with van der Waals surface area (Å²) in [6, 6.07) is 23.6. The monoisotopic (exact) mass is 983 g/mol. The summed E-state index contributed by atoms with van der Waals surface area (Å²) in [5.41, 5.74) is 8.22. The van der Waals surface area contributed by atoms with Crippen molar-refractivity contribution >= 4 is 23.1 Å². The van der Waals surface area contributed by atoms with Crippen LogP contribution in [0.1, 0.15) is 118 Å². The molecule has 386 valence electrons. The normalized spacial score (nSPS) is 13.0. The van der Waals surface area contributed by atoms with E-state index < -0.39 is 11.7 Å². The first kappa shape index (κ1) is 59.7. The van der Waals surface area contributed by atoms with Crippen molar-refractivity contribution in [1.82, 2.24) is 19.4 Å². The number of likely N-dealkylation sites (N-methyl/N-ethyl adjacent to an activating group) is 1. The Morgan fingerprint density at radius 1 is 0.563 bits per heavy atom. The molecule has 1 aliphatic rings. The Balaban J connectivity index is 0.000000259. The number of hydrogen-bond acceptors (Lipinski definition) is 7. The van der Waals surface area contributed by atoms with Gasteiger partial charge in [-0.1, -0.05) is 128 Å². The third-order valence-corrected chi connectivity index (χ3v) is 12.3. The van der Waals surface area contributed by atoms with Gasteiger partial charge in [0.25, 0.3) is 0 Å². The molecule has 0 spiro atoms. The number of carbonyl (C=O) groups excluding carboxylic acids is 4. The van der Waals surface area contributed by atoms with Crippen LogP contribution in [-0.2, 0) is 57.6 Å². The molecule has 0 aliphatic carbocycles. The van der Waals surface area contributed by atoms with E-state index in [1.54, 1.807) is 38.4 Å². The van der Waals surface area contributed by atoms with Gasteiger partial charge in [-0.2, -0.15) is 13.2 Å². The average Bonchev–Trinajstić information content (AvgIpc) is 3.74. The van der Waals surface area contributed by atoms with Gasteiger partial charge in [0.1, 0.15) is 29.0 Å². The minimum absolute atomic E-state index is 0.0325. The molecule has 1 aromatic heterocycles. The highest BCUT2D eigenvalue weighted by Gasteiger charge is 2.34. The number of aryl methyl sites for hydroxylation is 4. The van der Waals surface area contributed by atoms with Crippen molar-refractivity contribution in [2.24, 2.45) is 23.7 Å². The summed E-state index contributed by atoms with van der Waals surface area (Å²) in [5.74, 6) is 0.346. The number of rotatable bonds is 16. The quantitative estimate of drug-likeness (QED) is 0.0909. The molecule has 1 fully saturated rings. The number of carbonyl (C=O) groups is 4. The van der Waals surface area contributed by atoms with Crippen LogP contribution in [0, 0.1) is 57.2 Å². The smallest absolute Gasteiger partial charge is 0.306 e. The van der Waals surface area contributed by atoms with Crippen LogP contribution in [0.25, 0.3) is 5.69 Å². The van der Waals surface area contributed by atoms with Gasteiger partial charge in [0.2, 0.25) is 0 Å². The summed E-state index contributed by atoms with van der Waals surface area (Å²) >= 11 is 0.